The maximum Gasteiger partial charge on any atom is 0.273 e. The van der Waals surface area contributed by atoms with Crippen molar-refractivity contribution in [1.82, 2.24) is 24.9 Å². The molecule has 0 saturated carbocycles. The summed E-state index contributed by atoms with van der Waals surface area (Å²) in [6, 6.07) is 8.07. The van der Waals surface area contributed by atoms with E-state index in [1.165, 1.54) is 0 Å². The highest BCUT2D eigenvalue weighted by Crippen LogP contribution is 2.30. The average Bonchev–Trinajstić information content (AvgIpc) is 3.17. The van der Waals surface area contributed by atoms with Gasteiger partial charge in [-0.3, -0.25) is 9.48 Å². The molecule has 8 heteroatoms. The molecule has 1 N–H and O–H groups in total. The first kappa shape index (κ1) is 16.9. The molecule has 0 radical (unpaired) electrons. The van der Waals surface area contributed by atoms with E-state index in [1.54, 1.807) is 4.68 Å². The van der Waals surface area contributed by atoms with Crippen molar-refractivity contribution < 1.29 is 9.53 Å². The van der Waals surface area contributed by atoms with Crippen molar-refractivity contribution in [2.24, 2.45) is 0 Å². The van der Waals surface area contributed by atoms with Gasteiger partial charge in [0, 0.05) is 37.1 Å². The summed E-state index contributed by atoms with van der Waals surface area (Å²) in [4.78, 5) is 12.4. The van der Waals surface area contributed by atoms with Gasteiger partial charge in [0.1, 0.15) is 5.02 Å². The zero-order valence-electron chi connectivity index (χ0n) is 14.5. The molecule has 0 fully saturated rings. The van der Waals surface area contributed by atoms with Crippen molar-refractivity contribution in [3.8, 4) is 5.88 Å². The lowest BCUT2D eigenvalue weighted by Gasteiger charge is -2.14. The molecule has 26 heavy (non-hydrogen) atoms. The number of carbonyl (C=O) groups excluding carboxylic acids is 1. The van der Waals surface area contributed by atoms with Crippen molar-refractivity contribution >= 4 is 28.4 Å². The average molecular weight is 374 g/mol. The highest BCUT2D eigenvalue weighted by atomic mass is 35.5. The number of benzene rings is 1. The highest BCUT2D eigenvalue weighted by Gasteiger charge is 2.24. The van der Waals surface area contributed by atoms with Crippen LogP contribution in [-0.4, -0.2) is 38.6 Å². The number of rotatable bonds is 5. The van der Waals surface area contributed by atoms with Gasteiger partial charge in [-0.15, -0.1) is 0 Å². The van der Waals surface area contributed by atoms with Crippen LogP contribution in [0.3, 0.4) is 0 Å². The van der Waals surface area contributed by atoms with Gasteiger partial charge in [0.15, 0.2) is 5.69 Å². The summed E-state index contributed by atoms with van der Waals surface area (Å²) < 4.78 is 9.12. The molecule has 1 aliphatic heterocycles. The Morgan fingerprint density at radius 2 is 2.19 bits per heavy atom. The van der Waals surface area contributed by atoms with Crippen molar-refractivity contribution in [3.05, 3.63) is 40.7 Å². The zero-order chi connectivity index (χ0) is 18.1. The minimum Gasteiger partial charge on any atom is -0.477 e. The van der Waals surface area contributed by atoms with Gasteiger partial charge in [-0.25, -0.2) is 4.68 Å². The van der Waals surface area contributed by atoms with Crippen LogP contribution in [0.2, 0.25) is 5.02 Å². The van der Waals surface area contributed by atoms with Crippen LogP contribution in [0.1, 0.15) is 29.0 Å². The topological polar surface area (TPSA) is 74.0 Å². The van der Waals surface area contributed by atoms with E-state index in [1.807, 2.05) is 22.9 Å². The normalized spacial score (nSPS) is 13.5. The minimum absolute atomic E-state index is 0.226. The Morgan fingerprint density at radius 1 is 1.35 bits per heavy atom. The lowest BCUT2D eigenvalue weighted by Crippen LogP contribution is -2.26. The molecule has 0 aliphatic carbocycles. The Balaban J connectivity index is 1.35. The van der Waals surface area contributed by atoms with Gasteiger partial charge in [0.25, 0.3) is 5.91 Å². The van der Waals surface area contributed by atoms with Crippen LogP contribution in [0, 0.1) is 6.92 Å². The number of halogens is 1. The fourth-order valence-corrected chi connectivity index (χ4v) is 3.46. The van der Waals surface area contributed by atoms with E-state index in [9.17, 15) is 4.79 Å². The van der Waals surface area contributed by atoms with E-state index in [4.69, 9.17) is 16.3 Å². The summed E-state index contributed by atoms with van der Waals surface area (Å²) >= 11 is 6.23. The second kappa shape index (κ2) is 6.99. The first-order valence-corrected chi connectivity index (χ1v) is 9.12. The smallest absolute Gasteiger partial charge is 0.273 e. The molecule has 3 aromatic rings. The fraction of sp³-hybridized carbons (Fsp3) is 0.389. The van der Waals surface area contributed by atoms with E-state index in [0.717, 1.165) is 36.0 Å². The Labute approximate surface area is 155 Å². The van der Waals surface area contributed by atoms with E-state index in [0.29, 0.717) is 25.6 Å². The molecule has 1 aliphatic rings. The monoisotopic (exact) mass is 373 g/mol. The summed E-state index contributed by atoms with van der Waals surface area (Å²) in [5, 5.41) is 13.2. The van der Waals surface area contributed by atoms with Crippen LogP contribution in [0.15, 0.2) is 24.3 Å². The minimum atomic E-state index is -0.275. The van der Waals surface area contributed by atoms with Crippen LogP contribution >= 0.6 is 11.6 Å². The number of ether oxygens (including phenoxy) is 1. The fourth-order valence-electron chi connectivity index (χ4n) is 3.19. The molecule has 1 aromatic carbocycles. The number of fused-ring (bicyclic) bond motifs is 2. The third kappa shape index (κ3) is 3.03. The van der Waals surface area contributed by atoms with Gasteiger partial charge in [-0.1, -0.05) is 29.8 Å². The van der Waals surface area contributed by atoms with E-state index < -0.39 is 0 Å². The Morgan fingerprint density at radius 3 is 3.00 bits per heavy atom. The summed E-state index contributed by atoms with van der Waals surface area (Å²) in [6.45, 7) is 4.63. The van der Waals surface area contributed by atoms with Gasteiger partial charge < -0.3 is 10.1 Å². The standard InChI is InChI=1S/C18H20ClN5O2/c1-12-13-6-2-3-7-14(13)21-23(12)9-4-8-20-17(25)16-15(19)18-24(22-16)10-5-11-26-18/h2-3,6-7H,4-5,8-11H2,1H3,(H,20,25). The third-order valence-corrected chi connectivity index (χ3v) is 4.90. The van der Waals surface area contributed by atoms with Crippen LogP contribution in [-0.2, 0) is 13.1 Å². The number of hydrogen-bond acceptors (Lipinski definition) is 4. The lowest BCUT2D eigenvalue weighted by atomic mass is 10.2. The lowest BCUT2D eigenvalue weighted by molar-refractivity contribution is 0.0947. The Kier molecular flexibility index (Phi) is 4.55. The number of hydrogen-bond donors (Lipinski definition) is 1. The number of aryl methyl sites for hydroxylation is 3. The molecule has 0 saturated heterocycles. The molecule has 0 bridgehead atoms. The van der Waals surface area contributed by atoms with E-state index in [-0.39, 0.29) is 16.6 Å². The van der Waals surface area contributed by atoms with Gasteiger partial charge >= 0.3 is 0 Å². The number of nitrogens with zero attached hydrogens (tertiary/aromatic N) is 4. The van der Waals surface area contributed by atoms with Gasteiger partial charge in [-0.2, -0.15) is 10.2 Å². The number of aromatic nitrogens is 4. The van der Waals surface area contributed by atoms with E-state index >= 15 is 0 Å². The number of nitrogens with one attached hydrogen (secondary N) is 1. The molecule has 136 valence electrons. The second-order valence-electron chi connectivity index (χ2n) is 6.33. The number of amides is 1. The molecule has 0 atom stereocenters. The molecule has 4 rings (SSSR count). The van der Waals surface area contributed by atoms with Crippen LogP contribution in [0.4, 0.5) is 0 Å². The SMILES string of the molecule is Cc1c2ccccc2nn1CCCNC(=O)c1nn2c(c1Cl)OCCC2. The molecular weight excluding hydrogens is 354 g/mol. The molecular formula is C18H20ClN5O2. The summed E-state index contributed by atoms with van der Waals surface area (Å²) in [5.74, 6) is 0.213. The quantitative estimate of drug-likeness (QED) is 0.698. The molecule has 0 spiro atoms. The second-order valence-corrected chi connectivity index (χ2v) is 6.71. The largest absolute Gasteiger partial charge is 0.477 e. The first-order valence-electron chi connectivity index (χ1n) is 8.74. The molecule has 0 unspecified atom stereocenters. The van der Waals surface area contributed by atoms with Crippen molar-refractivity contribution in [1.29, 1.82) is 0 Å². The predicted molar refractivity (Wildman–Crippen MR) is 98.8 cm³/mol. The Hall–Kier alpha value is -2.54. The van der Waals surface area contributed by atoms with Crippen LogP contribution < -0.4 is 10.1 Å². The number of carbonyl (C=O) groups is 1. The van der Waals surface area contributed by atoms with Gasteiger partial charge in [0.2, 0.25) is 5.88 Å². The molecule has 1 amide bonds. The van der Waals surface area contributed by atoms with Gasteiger partial charge in [-0.05, 0) is 19.4 Å². The predicted octanol–water partition coefficient (Wildman–Crippen LogP) is 2.80. The summed E-state index contributed by atoms with van der Waals surface area (Å²) in [6.07, 6.45) is 1.63. The van der Waals surface area contributed by atoms with Crippen molar-refractivity contribution in [3.63, 3.8) is 0 Å². The maximum absolute atomic E-state index is 12.4. The molecule has 7 nitrogen and oxygen atoms in total. The van der Waals surface area contributed by atoms with E-state index in [2.05, 4.69) is 28.5 Å². The van der Waals surface area contributed by atoms with Crippen LogP contribution in [0.25, 0.3) is 10.9 Å². The van der Waals surface area contributed by atoms with Crippen molar-refractivity contribution in [2.45, 2.75) is 32.9 Å². The molecule has 2 aromatic heterocycles. The maximum atomic E-state index is 12.4. The summed E-state index contributed by atoms with van der Waals surface area (Å²) in [7, 11) is 0. The zero-order valence-corrected chi connectivity index (χ0v) is 15.3. The summed E-state index contributed by atoms with van der Waals surface area (Å²) in [5.41, 5.74) is 2.35. The Bertz CT molecular complexity index is 962. The van der Waals surface area contributed by atoms with Crippen molar-refractivity contribution in [2.75, 3.05) is 13.2 Å². The highest BCUT2D eigenvalue weighted by molar-refractivity contribution is 6.34. The third-order valence-electron chi connectivity index (χ3n) is 4.56. The first-order chi connectivity index (χ1) is 12.6. The van der Waals surface area contributed by atoms with Crippen LogP contribution in [0.5, 0.6) is 5.88 Å². The van der Waals surface area contributed by atoms with Gasteiger partial charge in [0.05, 0.1) is 12.1 Å². The molecule has 3 heterocycles.